The van der Waals surface area contributed by atoms with Crippen molar-refractivity contribution in [2.45, 2.75) is 64.5 Å². The third-order valence-corrected chi connectivity index (χ3v) is 8.39. The number of rotatable bonds is 15. The molecule has 0 fully saturated rings. The minimum atomic E-state index is -1.19. The van der Waals surface area contributed by atoms with Crippen molar-refractivity contribution in [3.05, 3.63) is 47.5 Å². The third-order valence-electron chi connectivity index (χ3n) is 8.39. The maximum atomic E-state index is 14.2. The number of carbonyl (C=O) groups excluding carboxylic acids is 5. The van der Waals surface area contributed by atoms with Crippen molar-refractivity contribution in [2.75, 3.05) is 40.0 Å². The first-order valence-electron chi connectivity index (χ1n) is 16.5. The Morgan fingerprint density at radius 1 is 1.04 bits per heavy atom. The van der Waals surface area contributed by atoms with Crippen LogP contribution in [0.2, 0.25) is 0 Å². The summed E-state index contributed by atoms with van der Waals surface area (Å²) < 4.78 is 12.0. The van der Waals surface area contributed by atoms with Crippen LogP contribution < -0.4 is 26.3 Å². The average molecular weight is 678 g/mol. The first-order chi connectivity index (χ1) is 23.4. The number of hydrogen-bond donors (Lipinski definition) is 4. The molecule has 3 rings (SSSR count). The first kappa shape index (κ1) is 38.8. The minimum Gasteiger partial charge on any atom is -0.492 e. The van der Waals surface area contributed by atoms with Gasteiger partial charge in [-0.15, -0.1) is 0 Å². The van der Waals surface area contributed by atoms with Crippen LogP contribution in [0.4, 0.5) is 0 Å². The van der Waals surface area contributed by atoms with E-state index < -0.39 is 41.5 Å². The molecule has 0 aliphatic carbocycles. The van der Waals surface area contributed by atoms with Gasteiger partial charge >= 0.3 is 0 Å². The first-order valence-corrected chi connectivity index (χ1v) is 16.5. The molecule has 13 nitrogen and oxygen atoms in total. The lowest BCUT2D eigenvalue weighted by molar-refractivity contribution is -0.144. The summed E-state index contributed by atoms with van der Waals surface area (Å²) in [6, 6.07) is 10.2. The summed E-state index contributed by atoms with van der Waals surface area (Å²) in [5.41, 5.74) is 13.7. The average Bonchev–Trinajstić information content (AvgIpc) is 3.07. The van der Waals surface area contributed by atoms with Crippen LogP contribution in [-0.4, -0.2) is 85.2 Å². The molecule has 2 aromatic carbocycles. The molecule has 2 amide bonds. The predicted octanol–water partition coefficient (Wildman–Crippen LogP) is 2.01. The summed E-state index contributed by atoms with van der Waals surface area (Å²) in [7, 11) is 1.46. The smallest absolute Gasteiger partial charge is 0.226 e. The Balaban J connectivity index is 2.31. The number of benzene rings is 2. The maximum Gasteiger partial charge on any atom is 0.226 e. The number of likely N-dealkylation sites (N-methyl/N-ethyl adjacent to an activating group) is 1. The second-order valence-corrected chi connectivity index (χ2v) is 12.3. The van der Waals surface area contributed by atoms with Crippen molar-refractivity contribution in [3.8, 4) is 28.7 Å². The molecule has 0 radical (unpaired) electrons. The van der Waals surface area contributed by atoms with Crippen LogP contribution in [0.15, 0.2) is 36.4 Å². The van der Waals surface area contributed by atoms with Gasteiger partial charge in [-0.05, 0) is 55.2 Å². The van der Waals surface area contributed by atoms with Gasteiger partial charge in [0.1, 0.15) is 36.5 Å². The van der Waals surface area contributed by atoms with Gasteiger partial charge in [-0.2, -0.15) is 5.26 Å². The van der Waals surface area contributed by atoms with Gasteiger partial charge in [0.05, 0.1) is 12.1 Å². The summed E-state index contributed by atoms with van der Waals surface area (Å²) in [6.07, 6.45) is -0.341. The van der Waals surface area contributed by atoms with Crippen LogP contribution in [0.5, 0.6) is 11.5 Å². The summed E-state index contributed by atoms with van der Waals surface area (Å²) in [5, 5.41) is 21.6. The third kappa shape index (κ3) is 10.4. The number of ketones is 3. The van der Waals surface area contributed by atoms with E-state index >= 15 is 0 Å². The van der Waals surface area contributed by atoms with Crippen LogP contribution in [0.1, 0.15) is 63.1 Å². The molecule has 6 N–H and O–H groups in total. The molecule has 0 unspecified atom stereocenters. The molecule has 49 heavy (non-hydrogen) atoms. The zero-order chi connectivity index (χ0) is 36.1. The van der Waals surface area contributed by atoms with Gasteiger partial charge in [0.15, 0.2) is 11.6 Å². The second-order valence-electron chi connectivity index (χ2n) is 12.3. The van der Waals surface area contributed by atoms with E-state index in [0.29, 0.717) is 33.8 Å². The number of fused-ring (bicyclic) bond motifs is 5. The molecule has 4 bridgehead atoms. The number of nitriles is 1. The summed E-state index contributed by atoms with van der Waals surface area (Å²) in [6.45, 7) is 3.41. The Kier molecular flexibility index (Phi) is 14.9. The standard InChI is InChI=1S/C36H47N5O8/c1-22-17-31(45)34(41(3)36(47)26(10-14-42)18-23(2)43)25-7-9-33(49-16-13-39)28(21-25)27-19-24(6-8-32(27)48-15-12-38)20-29(40-35(22)46)30(44)5-4-11-37/h6-9,19,21-22,26,29,34,42H,4-5,10,12-18,20,38-39H2,1-3H3,(H,40,46)/t22-,26-,29+,34+/m1/s1. The maximum absolute atomic E-state index is 14.2. The van der Waals surface area contributed by atoms with Crippen molar-refractivity contribution >= 4 is 29.2 Å². The lowest BCUT2D eigenvalue weighted by Crippen LogP contribution is -2.45. The van der Waals surface area contributed by atoms with E-state index in [2.05, 4.69) is 5.32 Å². The van der Waals surface area contributed by atoms with E-state index in [1.807, 2.05) is 12.1 Å². The molecule has 264 valence electrons. The number of nitrogens with one attached hydrogen (secondary N) is 1. The number of hydrogen-bond acceptors (Lipinski definition) is 11. The Morgan fingerprint density at radius 3 is 2.27 bits per heavy atom. The van der Waals surface area contributed by atoms with Gasteiger partial charge in [-0.3, -0.25) is 19.2 Å². The van der Waals surface area contributed by atoms with E-state index in [-0.39, 0.29) is 83.0 Å². The van der Waals surface area contributed by atoms with Crippen LogP contribution in [0.3, 0.4) is 0 Å². The number of aliphatic hydroxyl groups excluding tert-OH is 1. The molecule has 0 saturated carbocycles. The fourth-order valence-corrected chi connectivity index (χ4v) is 5.94. The molecule has 0 aromatic heterocycles. The molecule has 0 saturated heterocycles. The molecule has 1 aliphatic heterocycles. The van der Waals surface area contributed by atoms with E-state index in [1.54, 1.807) is 37.3 Å². The summed E-state index contributed by atoms with van der Waals surface area (Å²) in [5.74, 6) is -2.95. The largest absolute Gasteiger partial charge is 0.492 e. The highest BCUT2D eigenvalue weighted by Gasteiger charge is 2.35. The van der Waals surface area contributed by atoms with Crippen molar-refractivity contribution in [1.82, 2.24) is 10.2 Å². The van der Waals surface area contributed by atoms with Gasteiger partial charge in [0.25, 0.3) is 0 Å². The number of ether oxygens (including phenoxy) is 2. The van der Waals surface area contributed by atoms with Gasteiger partial charge in [0, 0.05) is 75.4 Å². The van der Waals surface area contributed by atoms with Crippen LogP contribution >= 0.6 is 0 Å². The van der Waals surface area contributed by atoms with Crippen LogP contribution in [0.25, 0.3) is 11.1 Å². The van der Waals surface area contributed by atoms with Crippen molar-refractivity contribution in [3.63, 3.8) is 0 Å². The number of nitrogens with two attached hydrogens (primary N) is 2. The van der Waals surface area contributed by atoms with E-state index in [9.17, 15) is 29.1 Å². The molecular weight excluding hydrogens is 630 g/mol. The Bertz CT molecular complexity index is 1550. The highest BCUT2D eigenvalue weighted by Crippen LogP contribution is 2.40. The number of aliphatic hydroxyl groups is 1. The Labute approximate surface area is 286 Å². The number of amides is 2. The topological polar surface area (TPSA) is 215 Å². The number of Topliss-reactive ketones (excluding diaryl/α,β-unsaturated/α-hetero) is 3. The summed E-state index contributed by atoms with van der Waals surface area (Å²) >= 11 is 0. The molecule has 0 spiro atoms. The molecule has 13 heteroatoms. The van der Waals surface area contributed by atoms with Crippen molar-refractivity contribution in [1.29, 1.82) is 5.26 Å². The van der Waals surface area contributed by atoms with Gasteiger partial charge in [-0.1, -0.05) is 19.1 Å². The molecule has 2 aromatic rings. The minimum absolute atomic E-state index is 0.0199. The van der Waals surface area contributed by atoms with Crippen LogP contribution in [0, 0.1) is 23.2 Å². The van der Waals surface area contributed by atoms with Crippen LogP contribution in [-0.2, 0) is 30.4 Å². The van der Waals surface area contributed by atoms with Gasteiger partial charge in [0.2, 0.25) is 11.8 Å². The van der Waals surface area contributed by atoms with E-state index in [1.165, 1.54) is 18.9 Å². The number of nitrogens with zero attached hydrogens (tertiary/aromatic N) is 2. The van der Waals surface area contributed by atoms with E-state index in [0.717, 1.165) is 0 Å². The van der Waals surface area contributed by atoms with Crippen molar-refractivity contribution in [2.24, 2.45) is 23.3 Å². The highest BCUT2D eigenvalue weighted by molar-refractivity contribution is 5.96. The normalized spacial score (nSPS) is 18.3. The quantitative estimate of drug-likeness (QED) is 0.214. The highest BCUT2D eigenvalue weighted by atomic mass is 16.5. The molecule has 1 heterocycles. The lowest BCUT2D eigenvalue weighted by atomic mass is 9.88. The molecule has 1 aliphatic rings. The Morgan fingerprint density at radius 2 is 1.67 bits per heavy atom. The molecular formula is C36H47N5O8. The predicted molar refractivity (Wildman–Crippen MR) is 181 cm³/mol. The lowest BCUT2D eigenvalue weighted by Gasteiger charge is -2.32. The fraction of sp³-hybridized carbons (Fsp3) is 0.500. The molecule has 4 atom stereocenters. The monoisotopic (exact) mass is 677 g/mol. The van der Waals surface area contributed by atoms with E-state index in [4.69, 9.17) is 26.2 Å². The SMILES string of the molecule is CC(=O)C[C@@H](CCO)C(=O)N(C)[C@@H]1C(=O)C[C@@H](C)C(=O)N[C@H](C(=O)CCC#N)Cc2ccc(OCCN)c(c2)-c2cc1ccc2OCCN. The van der Waals surface area contributed by atoms with Gasteiger partial charge in [-0.25, -0.2) is 0 Å². The van der Waals surface area contributed by atoms with Crippen molar-refractivity contribution < 1.29 is 38.6 Å². The van der Waals surface area contributed by atoms with Gasteiger partial charge < -0.3 is 41.1 Å². The number of carbonyl (C=O) groups is 5. The second kappa shape index (κ2) is 18.8. The zero-order valence-corrected chi connectivity index (χ0v) is 28.4. The zero-order valence-electron chi connectivity index (χ0n) is 28.4. The fourth-order valence-electron chi connectivity index (χ4n) is 5.94. The Hall–Kier alpha value is -4.64. The summed E-state index contributed by atoms with van der Waals surface area (Å²) in [4.78, 5) is 68.1.